The molecule has 0 bridgehead atoms. The summed E-state index contributed by atoms with van der Waals surface area (Å²) in [6, 6.07) is 0.534. The summed E-state index contributed by atoms with van der Waals surface area (Å²) in [6.45, 7) is 4.37. The highest BCUT2D eigenvalue weighted by Gasteiger charge is 2.27. The van der Waals surface area contributed by atoms with E-state index in [0.717, 1.165) is 45.4 Å². The van der Waals surface area contributed by atoms with E-state index >= 15 is 0 Å². The van der Waals surface area contributed by atoms with Gasteiger partial charge in [0.15, 0.2) is 0 Å². The molecule has 2 N–H and O–H groups in total. The van der Waals surface area contributed by atoms with Gasteiger partial charge in [0.2, 0.25) is 5.91 Å². The lowest BCUT2D eigenvalue weighted by Crippen LogP contribution is -2.46. The lowest BCUT2D eigenvalue weighted by molar-refractivity contribution is -0.131. The van der Waals surface area contributed by atoms with Crippen LogP contribution in [0.4, 0.5) is 0 Å². The molecule has 2 aliphatic heterocycles. The molecule has 0 radical (unpaired) electrons. The van der Waals surface area contributed by atoms with Crippen molar-refractivity contribution in [2.45, 2.75) is 25.3 Å². The zero-order valence-corrected chi connectivity index (χ0v) is 11.3. The predicted octanol–water partition coefficient (Wildman–Crippen LogP) is -0.489. The van der Waals surface area contributed by atoms with Gasteiger partial charge in [-0.3, -0.25) is 9.69 Å². The molecule has 0 saturated carbocycles. The normalized spacial score (nSPS) is 25.9. The van der Waals surface area contributed by atoms with Crippen molar-refractivity contribution in [3.05, 3.63) is 0 Å². The van der Waals surface area contributed by atoms with Gasteiger partial charge >= 0.3 is 0 Å². The Morgan fingerprint density at radius 1 is 1.39 bits per heavy atom. The number of hydrogen-bond acceptors (Lipinski definition) is 4. The molecule has 5 nitrogen and oxygen atoms in total. The van der Waals surface area contributed by atoms with Crippen molar-refractivity contribution in [3.63, 3.8) is 0 Å². The SMILES string of the molecule is CN(CC(=O)N1CC[C@H](CO)C1)C1CCNCC1. The van der Waals surface area contributed by atoms with E-state index in [0.29, 0.717) is 12.6 Å². The molecule has 18 heavy (non-hydrogen) atoms. The predicted molar refractivity (Wildman–Crippen MR) is 70.3 cm³/mol. The molecule has 0 unspecified atom stereocenters. The summed E-state index contributed by atoms with van der Waals surface area (Å²) in [7, 11) is 2.05. The third kappa shape index (κ3) is 3.43. The van der Waals surface area contributed by atoms with Gasteiger partial charge in [-0.1, -0.05) is 0 Å². The van der Waals surface area contributed by atoms with Gasteiger partial charge in [-0.2, -0.15) is 0 Å². The van der Waals surface area contributed by atoms with E-state index in [-0.39, 0.29) is 18.4 Å². The van der Waals surface area contributed by atoms with Crippen LogP contribution in [0.15, 0.2) is 0 Å². The molecule has 104 valence electrons. The summed E-state index contributed by atoms with van der Waals surface area (Å²) >= 11 is 0. The molecule has 1 amide bonds. The third-order valence-electron chi connectivity index (χ3n) is 4.21. The monoisotopic (exact) mass is 255 g/mol. The maximum Gasteiger partial charge on any atom is 0.236 e. The van der Waals surface area contributed by atoms with Crippen LogP contribution in [0.1, 0.15) is 19.3 Å². The second-order valence-electron chi connectivity index (χ2n) is 5.57. The van der Waals surface area contributed by atoms with Crippen molar-refractivity contribution in [3.8, 4) is 0 Å². The molecule has 2 aliphatic rings. The van der Waals surface area contributed by atoms with E-state index < -0.39 is 0 Å². The molecule has 2 rings (SSSR count). The number of carbonyl (C=O) groups is 1. The molecular formula is C13H25N3O2. The minimum absolute atomic E-state index is 0.202. The molecule has 0 aromatic rings. The zero-order chi connectivity index (χ0) is 13.0. The summed E-state index contributed by atoms with van der Waals surface area (Å²) in [5, 5.41) is 12.4. The molecule has 2 fully saturated rings. The molecule has 0 spiro atoms. The van der Waals surface area contributed by atoms with Crippen molar-refractivity contribution < 1.29 is 9.90 Å². The van der Waals surface area contributed by atoms with Crippen LogP contribution in [-0.2, 0) is 4.79 Å². The van der Waals surface area contributed by atoms with Gasteiger partial charge in [-0.15, -0.1) is 0 Å². The zero-order valence-electron chi connectivity index (χ0n) is 11.3. The number of likely N-dealkylation sites (tertiary alicyclic amines) is 1. The van der Waals surface area contributed by atoms with Gasteiger partial charge < -0.3 is 15.3 Å². The summed E-state index contributed by atoms with van der Waals surface area (Å²) in [6.07, 6.45) is 3.20. The molecule has 2 heterocycles. The van der Waals surface area contributed by atoms with E-state index in [1.165, 1.54) is 0 Å². The smallest absolute Gasteiger partial charge is 0.236 e. The average Bonchev–Trinajstić information content (AvgIpc) is 2.88. The Balaban J connectivity index is 1.76. The Labute approximate surface area is 109 Å². The second-order valence-corrected chi connectivity index (χ2v) is 5.57. The number of nitrogens with one attached hydrogen (secondary N) is 1. The van der Waals surface area contributed by atoms with Crippen LogP contribution in [0.3, 0.4) is 0 Å². The largest absolute Gasteiger partial charge is 0.396 e. The highest BCUT2D eigenvalue weighted by molar-refractivity contribution is 5.78. The van der Waals surface area contributed by atoms with E-state index in [9.17, 15) is 4.79 Å². The van der Waals surface area contributed by atoms with Gasteiger partial charge in [-0.05, 0) is 39.4 Å². The fourth-order valence-corrected chi connectivity index (χ4v) is 2.90. The summed E-state index contributed by atoms with van der Waals surface area (Å²) in [5.41, 5.74) is 0. The topological polar surface area (TPSA) is 55.8 Å². The number of piperidine rings is 1. The number of rotatable bonds is 4. The Kier molecular flexibility index (Phi) is 4.97. The number of aliphatic hydroxyl groups is 1. The number of likely N-dealkylation sites (N-methyl/N-ethyl adjacent to an activating group) is 1. The minimum atomic E-state index is 0.202. The second kappa shape index (κ2) is 6.50. The van der Waals surface area contributed by atoms with Crippen molar-refractivity contribution in [2.75, 3.05) is 46.4 Å². The van der Waals surface area contributed by atoms with Crippen LogP contribution in [0, 0.1) is 5.92 Å². The van der Waals surface area contributed by atoms with E-state index in [1.807, 2.05) is 11.9 Å². The van der Waals surface area contributed by atoms with E-state index in [2.05, 4.69) is 10.2 Å². The molecular weight excluding hydrogens is 230 g/mol. The molecule has 0 aromatic carbocycles. The highest BCUT2D eigenvalue weighted by atomic mass is 16.3. The lowest BCUT2D eigenvalue weighted by atomic mass is 10.1. The van der Waals surface area contributed by atoms with Gasteiger partial charge in [0.25, 0.3) is 0 Å². The lowest BCUT2D eigenvalue weighted by Gasteiger charge is -2.32. The molecule has 5 heteroatoms. The quantitative estimate of drug-likeness (QED) is 0.712. The van der Waals surface area contributed by atoms with Crippen LogP contribution in [0.2, 0.25) is 0 Å². The van der Waals surface area contributed by atoms with Crippen LogP contribution < -0.4 is 5.32 Å². The van der Waals surface area contributed by atoms with Crippen LogP contribution in [0.5, 0.6) is 0 Å². The maximum atomic E-state index is 12.1. The number of aliphatic hydroxyl groups excluding tert-OH is 1. The Morgan fingerprint density at radius 2 is 2.11 bits per heavy atom. The van der Waals surface area contributed by atoms with Crippen LogP contribution in [-0.4, -0.2) is 73.2 Å². The van der Waals surface area contributed by atoms with Crippen LogP contribution in [0.25, 0.3) is 0 Å². The number of nitrogens with zero attached hydrogens (tertiary/aromatic N) is 2. The first-order chi connectivity index (χ1) is 8.70. The Bertz CT molecular complexity index is 279. The Hall–Kier alpha value is -0.650. The summed E-state index contributed by atoms with van der Waals surface area (Å²) in [4.78, 5) is 16.2. The van der Waals surface area contributed by atoms with Crippen molar-refractivity contribution in [1.82, 2.24) is 15.1 Å². The third-order valence-corrected chi connectivity index (χ3v) is 4.21. The highest BCUT2D eigenvalue weighted by Crippen LogP contribution is 2.16. The average molecular weight is 255 g/mol. The standard InChI is InChI=1S/C13H25N3O2/c1-15(12-2-5-14-6-3-12)9-13(18)16-7-4-11(8-16)10-17/h11-12,14,17H,2-10H2,1H3/t11-/m0/s1. The first-order valence-electron chi connectivity index (χ1n) is 7.00. The maximum absolute atomic E-state index is 12.1. The minimum Gasteiger partial charge on any atom is -0.396 e. The van der Waals surface area contributed by atoms with Crippen molar-refractivity contribution in [1.29, 1.82) is 0 Å². The fourth-order valence-electron chi connectivity index (χ4n) is 2.90. The van der Waals surface area contributed by atoms with Gasteiger partial charge in [0.05, 0.1) is 6.54 Å². The molecule has 0 aromatic heterocycles. The molecule has 0 aliphatic carbocycles. The van der Waals surface area contributed by atoms with Gasteiger partial charge in [0.1, 0.15) is 0 Å². The number of hydrogen-bond donors (Lipinski definition) is 2. The van der Waals surface area contributed by atoms with E-state index in [4.69, 9.17) is 5.11 Å². The fraction of sp³-hybridized carbons (Fsp3) is 0.923. The van der Waals surface area contributed by atoms with Crippen molar-refractivity contribution in [2.24, 2.45) is 5.92 Å². The summed E-state index contributed by atoms with van der Waals surface area (Å²) in [5.74, 6) is 0.505. The number of amides is 1. The first kappa shape index (κ1) is 13.8. The Morgan fingerprint density at radius 3 is 2.72 bits per heavy atom. The molecule has 1 atom stereocenters. The van der Waals surface area contributed by atoms with Gasteiger partial charge in [0, 0.05) is 31.7 Å². The van der Waals surface area contributed by atoms with Gasteiger partial charge in [-0.25, -0.2) is 0 Å². The first-order valence-corrected chi connectivity index (χ1v) is 7.00. The molecule has 2 saturated heterocycles. The van der Waals surface area contributed by atoms with Crippen LogP contribution >= 0.6 is 0 Å². The van der Waals surface area contributed by atoms with E-state index in [1.54, 1.807) is 0 Å². The number of carbonyl (C=O) groups excluding carboxylic acids is 1. The summed E-state index contributed by atoms with van der Waals surface area (Å²) < 4.78 is 0. The van der Waals surface area contributed by atoms with Crippen molar-refractivity contribution >= 4 is 5.91 Å².